The SMILES string of the molecule is CC(C)CNC(=O)C(C)NCc1ccccc1F. The summed E-state index contributed by atoms with van der Waals surface area (Å²) in [4.78, 5) is 11.7. The largest absolute Gasteiger partial charge is 0.354 e. The number of nitrogens with one attached hydrogen (secondary N) is 2. The maximum Gasteiger partial charge on any atom is 0.236 e. The van der Waals surface area contributed by atoms with Gasteiger partial charge in [-0.3, -0.25) is 4.79 Å². The van der Waals surface area contributed by atoms with E-state index in [0.29, 0.717) is 24.6 Å². The number of carbonyl (C=O) groups excluding carboxylic acids is 1. The van der Waals surface area contributed by atoms with Gasteiger partial charge in [0, 0.05) is 18.7 Å². The average Bonchev–Trinajstić information content (AvgIpc) is 2.34. The highest BCUT2D eigenvalue weighted by molar-refractivity contribution is 5.81. The van der Waals surface area contributed by atoms with Gasteiger partial charge in [0.15, 0.2) is 0 Å². The van der Waals surface area contributed by atoms with Crippen LogP contribution in [0.1, 0.15) is 26.3 Å². The summed E-state index contributed by atoms with van der Waals surface area (Å²) in [5.41, 5.74) is 0.570. The van der Waals surface area contributed by atoms with E-state index in [-0.39, 0.29) is 17.8 Å². The van der Waals surface area contributed by atoms with Gasteiger partial charge in [-0.1, -0.05) is 32.0 Å². The molecule has 1 rings (SSSR count). The third kappa shape index (κ3) is 4.84. The minimum Gasteiger partial charge on any atom is -0.354 e. The van der Waals surface area contributed by atoms with Crippen LogP contribution in [0.25, 0.3) is 0 Å². The molecule has 0 aliphatic rings. The Labute approximate surface area is 108 Å². The van der Waals surface area contributed by atoms with Crippen LogP contribution in [0.15, 0.2) is 24.3 Å². The van der Waals surface area contributed by atoms with Crippen molar-refractivity contribution in [3.05, 3.63) is 35.6 Å². The van der Waals surface area contributed by atoms with Crippen LogP contribution < -0.4 is 10.6 Å². The van der Waals surface area contributed by atoms with Crippen molar-refractivity contribution in [3.63, 3.8) is 0 Å². The van der Waals surface area contributed by atoms with Gasteiger partial charge in [-0.05, 0) is 18.9 Å². The van der Waals surface area contributed by atoms with E-state index in [0.717, 1.165) is 0 Å². The first-order valence-electron chi connectivity index (χ1n) is 6.25. The summed E-state index contributed by atoms with van der Waals surface area (Å²) in [6, 6.07) is 6.23. The van der Waals surface area contributed by atoms with E-state index in [1.165, 1.54) is 6.07 Å². The second-order valence-electron chi connectivity index (χ2n) is 4.83. The number of amides is 1. The van der Waals surface area contributed by atoms with Crippen LogP contribution in [0.3, 0.4) is 0 Å². The molecule has 1 amide bonds. The van der Waals surface area contributed by atoms with Crippen molar-refractivity contribution >= 4 is 5.91 Å². The van der Waals surface area contributed by atoms with E-state index in [2.05, 4.69) is 10.6 Å². The Morgan fingerprint density at radius 3 is 2.56 bits per heavy atom. The summed E-state index contributed by atoms with van der Waals surface area (Å²) < 4.78 is 13.4. The van der Waals surface area contributed by atoms with Gasteiger partial charge in [-0.25, -0.2) is 4.39 Å². The first-order chi connectivity index (χ1) is 8.50. The van der Waals surface area contributed by atoms with Crippen LogP contribution in [0.2, 0.25) is 0 Å². The molecule has 0 aliphatic carbocycles. The molecule has 4 heteroatoms. The van der Waals surface area contributed by atoms with Crippen molar-refractivity contribution in [2.45, 2.75) is 33.4 Å². The van der Waals surface area contributed by atoms with E-state index in [4.69, 9.17) is 0 Å². The monoisotopic (exact) mass is 252 g/mol. The number of halogens is 1. The number of benzene rings is 1. The lowest BCUT2D eigenvalue weighted by Gasteiger charge is -2.15. The van der Waals surface area contributed by atoms with Crippen LogP contribution in [0.5, 0.6) is 0 Å². The van der Waals surface area contributed by atoms with Gasteiger partial charge in [0.25, 0.3) is 0 Å². The molecule has 18 heavy (non-hydrogen) atoms. The zero-order chi connectivity index (χ0) is 13.5. The molecule has 1 unspecified atom stereocenters. The quantitative estimate of drug-likeness (QED) is 0.814. The average molecular weight is 252 g/mol. The molecular weight excluding hydrogens is 231 g/mol. The predicted octanol–water partition coefficient (Wildman–Crippen LogP) is 2.08. The molecule has 0 aliphatic heterocycles. The smallest absolute Gasteiger partial charge is 0.236 e. The molecule has 0 bridgehead atoms. The molecule has 0 aromatic heterocycles. The van der Waals surface area contributed by atoms with Crippen LogP contribution in [-0.4, -0.2) is 18.5 Å². The predicted molar refractivity (Wildman–Crippen MR) is 70.5 cm³/mol. The first-order valence-corrected chi connectivity index (χ1v) is 6.25. The van der Waals surface area contributed by atoms with E-state index >= 15 is 0 Å². The summed E-state index contributed by atoms with van der Waals surface area (Å²) in [5.74, 6) is 0.118. The lowest BCUT2D eigenvalue weighted by Crippen LogP contribution is -2.43. The Balaban J connectivity index is 2.39. The number of hydrogen-bond donors (Lipinski definition) is 2. The molecule has 3 nitrogen and oxygen atoms in total. The Morgan fingerprint density at radius 1 is 1.28 bits per heavy atom. The first kappa shape index (κ1) is 14.6. The molecule has 100 valence electrons. The zero-order valence-electron chi connectivity index (χ0n) is 11.2. The third-order valence-electron chi connectivity index (χ3n) is 2.63. The molecule has 1 aromatic rings. The van der Waals surface area contributed by atoms with E-state index in [1.54, 1.807) is 25.1 Å². The van der Waals surface area contributed by atoms with Gasteiger partial charge in [0.05, 0.1) is 6.04 Å². The molecule has 0 radical (unpaired) electrons. The van der Waals surface area contributed by atoms with Crippen molar-refractivity contribution < 1.29 is 9.18 Å². The van der Waals surface area contributed by atoms with Crippen LogP contribution in [-0.2, 0) is 11.3 Å². The Hall–Kier alpha value is -1.42. The summed E-state index contributed by atoms with van der Waals surface area (Å²) in [6.07, 6.45) is 0. The van der Waals surface area contributed by atoms with Crippen LogP contribution >= 0.6 is 0 Å². The molecule has 1 atom stereocenters. The van der Waals surface area contributed by atoms with Crippen molar-refractivity contribution in [1.82, 2.24) is 10.6 Å². The Morgan fingerprint density at radius 2 is 1.94 bits per heavy atom. The van der Waals surface area contributed by atoms with Crippen LogP contribution in [0.4, 0.5) is 4.39 Å². The minimum atomic E-state index is -0.330. The molecule has 1 aromatic carbocycles. The number of rotatable bonds is 6. The van der Waals surface area contributed by atoms with E-state index in [9.17, 15) is 9.18 Å². The van der Waals surface area contributed by atoms with Gasteiger partial charge >= 0.3 is 0 Å². The zero-order valence-corrected chi connectivity index (χ0v) is 11.2. The molecule has 0 spiro atoms. The van der Waals surface area contributed by atoms with Gasteiger partial charge in [-0.15, -0.1) is 0 Å². The molecule has 0 heterocycles. The van der Waals surface area contributed by atoms with Crippen molar-refractivity contribution in [2.24, 2.45) is 5.92 Å². The molecule has 2 N–H and O–H groups in total. The summed E-state index contributed by atoms with van der Waals surface area (Å²) in [6.45, 7) is 6.86. The summed E-state index contributed by atoms with van der Waals surface area (Å²) in [5, 5.41) is 5.85. The van der Waals surface area contributed by atoms with E-state index < -0.39 is 0 Å². The lowest BCUT2D eigenvalue weighted by atomic mass is 10.2. The summed E-state index contributed by atoms with van der Waals surface area (Å²) >= 11 is 0. The standard InChI is InChI=1S/C14H21FN2O/c1-10(2)8-17-14(18)11(3)16-9-12-6-4-5-7-13(12)15/h4-7,10-11,16H,8-9H2,1-3H3,(H,17,18). The molecule has 0 fully saturated rings. The fourth-order valence-electron chi connectivity index (χ4n) is 1.46. The van der Waals surface area contributed by atoms with Crippen molar-refractivity contribution in [3.8, 4) is 0 Å². The van der Waals surface area contributed by atoms with Crippen molar-refractivity contribution in [2.75, 3.05) is 6.54 Å². The van der Waals surface area contributed by atoms with Gasteiger partial charge < -0.3 is 10.6 Å². The molecule has 0 saturated heterocycles. The van der Waals surface area contributed by atoms with Gasteiger partial charge in [-0.2, -0.15) is 0 Å². The second kappa shape index (κ2) is 7.11. The maximum atomic E-state index is 13.4. The minimum absolute atomic E-state index is 0.0555. The highest BCUT2D eigenvalue weighted by Crippen LogP contribution is 2.05. The fourth-order valence-corrected chi connectivity index (χ4v) is 1.46. The van der Waals surface area contributed by atoms with Crippen LogP contribution in [0, 0.1) is 11.7 Å². The number of carbonyl (C=O) groups is 1. The maximum absolute atomic E-state index is 13.4. The number of hydrogen-bond acceptors (Lipinski definition) is 2. The van der Waals surface area contributed by atoms with E-state index in [1.807, 2.05) is 13.8 Å². The highest BCUT2D eigenvalue weighted by Gasteiger charge is 2.12. The lowest BCUT2D eigenvalue weighted by molar-refractivity contribution is -0.122. The third-order valence-corrected chi connectivity index (χ3v) is 2.63. The molecule has 0 saturated carbocycles. The fraction of sp³-hybridized carbons (Fsp3) is 0.500. The van der Waals surface area contributed by atoms with Gasteiger partial charge in [0.1, 0.15) is 5.82 Å². The van der Waals surface area contributed by atoms with Crippen molar-refractivity contribution in [1.29, 1.82) is 0 Å². The molecular formula is C14H21FN2O. The summed E-state index contributed by atoms with van der Waals surface area (Å²) in [7, 11) is 0. The second-order valence-corrected chi connectivity index (χ2v) is 4.83. The normalized spacial score (nSPS) is 12.5. The Kier molecular flexibility index (Phi) is 5.78. The topological polar surface area (TPSA) is 41.1 Å². The highest BCUT2D eigenvalue weighted by atomic mass is 19.1. The Bertz CT molecular complexity index is 393. The van der Waals surface area contributed by atoms with Gasteiger partial charge in [0.2, 0.25) is 5.91 Å².